The molecule has 1 fully saturated rings. The molecule has 0 aliphatic carbocycles. The fourth-order valence-electron chi connectivity index (χ4n) is 2.03. The molecular formula is C11H12F3N. The van der Waals surface area contributed by atoms with Gasteiger partial charge in [0.15, 0.2) is 0 Å². The molecule has 1 aliphatic rings. The second-order valence-corrected chi connectivity index (χ2v) is 3.77. The molecular weight excluding hydrogens is 203 g/mol. The smallest absolute Gasteiger partial charge is 0.316 e. The molecule has 4 heteroatoms. The largest absolute Gasteiger partial charge is 0.416 e. The van der Waals surface area contributed by atoms with Crippen LogP contribution in [0.15, 0.2) is 24.3 Å². The lowest BCUT2D eigenvalue weighted by molar-refractivity contribution is -0.138. The molecule has 0 aromatic heterocycles. The van der Waals surface area contributed by atoms with E-state index < -0.39 is 11.7 Å². The monoisotopic (exact) mass is 215 g/mol. The van der Waals surface area contributed by atoms with Crippen LogP contribution in [0, 0.1) is 0 Å². The quantitative estimate of drug-likeness (QED) is 0.759. The average Bonchev–Trinajstić information content (AvgIpc) is 2.69. The van der Waals surface area contributed by atoms with E-state index in [1.807, 2.05) is 0 Å². The van der Waals surface area contributed by atoms with E-state index in [0.29, 0.717) is 12.1 Å². The van der Waals surface area contributed by atoms with Crippen molar-refractivity contribution in [3.63, 3.8) is 0 Å². The number of halogens is 3. The Morgan fingerprint density at radius 3 is 2.53 bits per heavy atom. The standard InChI is InChI=1S/C11H12F3N/c12-11(13,14)10-4-2-1-3-9(10)8-5-6-15-7-8/h1-4,8,15H,5-7H2/t8-/m1/s1. The fraction of sp³-hybridized carbons (Fsp3) is 0.455. The lowest BCUT2D eigenvalue weighted by Gasteiger charge is -2.16. The van der Waals surface area contributed by atoms with Gasteiger partial charge in [0.05, 0.1) is 5.56 Å². The molecule has 1 atom stereocenters. The highest BCUT2D eigenvalue weighted by Gasteiger charge is 2.35. The van der Waals surface area contributed by atoms with E-state index in [-0.39, 0.29) is 5.92 Å². The normalized spacial score (nSPS) is 21.9. The zero-order valence-corrected chi connectivity index (χ0v) is 8.14. The zero-order valence-electron chi connectivity index (χ0n) is 8.14. The Hall–Kier alpha value is -1.03. The summed E-state index contributed by atoms with van der Waals surface area (Å²) in [6.07, 6.45) is -3.45. The fourth-order valence-corrected chi connectivity index (χ4v) is 2.03. The van der Waals surface area contributed by atoms with Crippen molar-refractivity contribution in [2.24, 2.45) is 0 Å². The van der Waals surface area contributed by atoms with Gasteiger partial charge < -0.3 is 5.32 Å². The van der Waals surface area contributed by atoms with E-state index >= 15 is 0 Å². The lowest BCUT2D eigenvalue weighted by atomic mass is 9.93. The summed E-state index contributed by atoms with van der Waals surface area (Å²) in [4.78, 5) is 0. The molecule has 0 radical (unpaired) electrons. The molecule has 0 bridgehead atoms. The molecule has 0 amide bonds. The van der Waals surface area contributed by atoms with E-state index in [4.69, 9.17) is 0 Å². The Kier molecular flexibility index (Phi) is 2.69. The van der Waals surface area contributed by atoms with E-state index in [9.17, 15) is 13.2 Å². The Morgan fingerprint density at radius 1 is 1.20 bits per heavy atom. The molecule has 15 heavy (non-hydrogen) atoms. The maximum Gasteiger partial charge on any atom is 0.416 e. The van der Waals surface area contributed by atoms with Crippen LogP contribution in [0.4, 0.5) is 13.2 Å². The minimum absolute atomic E-state index is 0.00262. The molecule has 1 aromatic carbocycles. The SMILES string of the molecule is FC(F)(F)c1ccccc1[C@@H]1CCNC1. The Balaban J connectivity index is 2.37. The van der Waals surface area contributed by atoms with Crippen molar-refractivity contribution in [3.05, 3.63) is 35.4 Å². The van der Waals surface area contributed by atoms with Crippen LogP contribution < -0.4 is 5.32 Å². The summed E-state index contributed by atoms with van der Waals surface area (Å²) in [6, 6.07) is 5.85. The third-order valence-electron chi connectivity index (χ3n) is 2.77. The first-order valence-corrected chi connectivity index (χ1v) is 4.96. The van der Waals surface area contributed by atoms with E-state index in [0.717, 1.165) is 19.0 Å². The Labute approximate surface area is 86.3 Å². The molecule has 1 aromatic rings. The number of hydrogen-bond acceptors (Lipinski definition) is 1. The first kappa shape index (κ1) is 10.5. The summed E-state index contributed by atoms with van der Waals surface area (Å²) in [6.45, 7) is 1.45. The second-order valence-electron chi connectivity index (χ2n) is 3.77. The summed E-state index contributed by atoms with van der Waals surface area (Å²) >= 11 is 0. The molecule has 1 N–H and O–H groups in total. The predicted molar refractivity (Wildman–Crippen MR) is 51.7 cm³/mol. The maximum atomic E-state index is 12.7. The topological polar surface area (TPSA) is 12.0 Å². The van der Waals surface area contributed by atoms with Gasteiger partial charge in [-0.05, 0) is 30.5 Å². The van der Waals surface area contributed by atoms with E-state index in [2.05, 4.69) is 5.32 Å². The molecule has 2 rings (SSSR count). The van der Waals surface area contributed by atoms with Gasteiger partial charge in [0.1, 0.15) is 0 Å². The number of alkyl halides is 3. The van der Waals surface area contributed by atoms with E-state index in [1.165, 1.54) is 6.07 Å². The van der Waals surface area contributed by atoms with Gasteiger partial charge in [-0.2, -0.15) is 13.2 Å². The zero-order chi connectivity index (χ0) is 10.9. The van der Waals surface area contributed by atoms with Crippen molar-refractivity contribution in [2.45, 2.75) is 18.5 Å². The highest BCUT2D eigenvalue weighted by Crippen LogP contribution is 2.36. The minimum Gasteiger partial charge on any atom is -0.316 e. The van der Waals surface area contributed by atoms with Gasteiger partial charge in [0.2, 0.25) is 0 Å². The summed E-state index contributed by atoms with van der Waals surface area (Å²) in [5, 5.41) is 3.08. The summed E-state index contributed by atoms with van der Waals surface area (Å²) in [5.41, 5.74) is -0.0614. The van der Waals surface area contributed by atoms with Gasteiger partial charge in [-0.3, -0.25) is 0 Å². The molecule has 82 valence electrons. The van der Waals surface area contributed by atoms with Gasteiger partial charge >= 0.3 is 6.18 Å². The van der Waals surface area contributed by atoms with Crippen molar-refractivity contribution >= 4 is 0 Å². The first-order chi connectivity index (χ1) is 7.09. The second kappa shape index (κ2) is 3.85. The first-order valence-electron chi connectivity index (χ1n) is 4.96. The third kappa shape index (κ3) is 2.15. The molecule has 1 heterocycles. The third-order valence-corrected chi connectivity index (χ3v) is 2.77. The average molecular weight is 215 g/mol. The Bertz CT molecular complexity index is 340. The molecule has 1 saturated heterocycles. The van der Waals surface area contributed by atoms with Crippen molar-refractivity contribution < 1.29 is 13.2 Å². The molecule has 0 spiro atoms. The minimum atomic E-state index is -4.24. The number of nitrogens with one attached hydrogen (secondary N) is 1. The molecule has 0 saturated carbocycles. The predicted octanol–water partition coefficient (Wildman–Crippen LogP) is 2.78. The Morgan fingerprint density at radius 2 is 1.93 bits per heavy atom. The molecule has 1 nitrogen and oxygen atoms in total. The van der Waals surface area contributed by atoms with Crippen molar-refractivity contribution in [2.75, 3.05) is 13.1 Å². The number of benzene rings is 1. The van der Waals surface area contributed by atoms with Crippen LogP contribution in [0.3, 0.4) is 0 Å². The van der Waals surface area contributed by atoms with Crippen LogP contribution in [0.5, 0.6) is 0 Å². The number of hydrogen-bond donors (Lipinski definition) is 1. The van der Waals surface area contributed by atoms with Crippen molar-refractivity contribution in [1.82, 2.24) is 5.32 Å². The van der Waals surface area contributed by atoms with Crippen molar-refractivity contribution in [3.8, 4) is 0 Å². The summed E-state index contributed by atoms with van der Waals surface area (Å²) < 4.78 is 38.0. The van der Waals surface area contributed by atoms with Crippen LogP contribution in [0.1, 0.15) is 23.5 Å². The van der Waals surface area contributed by atoms with Gasteiger partial charge in [-0.25, -0.2) is 0 Å². The van der Waals surface area contributed by atoms with Gasteiger partial charge in [0, 0.05) is 6.54 Å². The lowest BCUT2D eigenvalue weighted by Crippen LogP contribution is -2.14. The van der Waals surface area contributed by atoms with Gasteiger partial charge in [-0.1, -0.05) is 18.2 Å². The molecule has 0 unspecified atom stereocenters. The summed E-state index contributed by atoms with van der Waals surface area (Å²) in [5.74, 6) is 0.00262. The van der Waals surface area contributed by atoms with E-state index in [1.54, 1.807) is 12.1 Å². The van der Waals surface area contributed by atoms with Crippen LogP contribution >= 0.6 is 0 Å². The van der Waals surface area contributed by atoms with Crippen molar-refractivity contribution in [1.29, 1.82) is 0 Å². The maximum absolute atomic E-state index is 12.7. The van der Waals surface area contributed by atoms with Crippen LogP contribution in [-0.2, 0) is 6.18 Å². The van der Waals surface area contributed by atoms with Crippen LogP contribution in [0.2, 0.25) is 0 Å². The highest BCUT2D eigenvalue weighted by molar-refractivity contribution is 5.33. The summed E-state index contributed by atoms with van der Waals surface area (Å²) in [7, 11) is 0. The highest BCUT2D eigenvalue weighted by atomic mass is 19.4. The van der Waals surface area contributed by atoms with Crippen LogP contribution in [-0.4, -0.2) is 13.1 Å². The van der Waals surface area contributed by atoms with Gasteiger partial charge in [-0.15, -0.1) is 0 Å². The number of rotatable bonds is 1. The molecule has 1 aliphatic heterocycles. The van der Waals surface area contributed by atoms with Crippen LogP contribution in [0.25, 0.3) is 0 Å². The van der Waals surface area contributed by atoms with Gasteiger partial charge in [0.25, 0.3) is 0 Å².